The summed E-state index contributed by atoms with van der Waals surface area (Å²) in [7, 11) is 3.41. The largest absolute Gasteiger partial charge is 0.345 e. The minimum atomic E-state index is -0.267. The number of carbonyl (C=O) groups excluding carboxylic acids is 2. The van der Waals surface area contributed by atoms with Gasteiger partial charge in [0.15, 0.2) is 0 Å². The van der Waals surface area contributed by atoms with E-state index in [0.717, 1.165) is 12.0 Å². The van der Waals surface area contributed by atoms with Crippen molar-refractivity contribution in [2.45, 2.75) is 33.1 Å². The number of nitrogens with zero attached hydrogens (tertiary/aromatic N) is 1. The lowest BCUT2D eigenvalue weighted by atomic mass is 9.96. The summed E-state index contributed by atoms with van der Waals surface area (Å²) in [5.74, 6) is 0.168. The maximum absolute atomic E-state index is 12.6. The van der Waals surface area contributed by atoms with Crippen molar-refractivity contribution in [1.82, 2.24) is 4.90 Å². The normalized spacial score (nSPS) is 11.9. The van der Waals surface area contributed by atoms with Crippen LogP contribution in [0.15, 0.2) is 48.5 Å². The molecule has 4 heteroatoms. The molecule has 2 amide bonds. The van der Waals surface area contributed by atoms with E-state index in [9.17, 15) is 9.59 Å². The number of benzene rings is 2. The second-order valence-electron chi connectivity index (χ2n) is 7.33. The van der Waals surface area contributed by atoms with Gasteiger partial charge >= 0.3 is 0 Å². The molecule has 0 saturated carbocycles. The fourth-order valence-electron chi connectivity index (χ4n) is 2.80. The van der Waals surface area contributed by atoms with E-state index in [1.807, 2.05) is 19.1 Å². The van der Waals surface area contributed by atoms with Crippen LogP contribution in [0, 0.1) is 5.92 Å². The molecule has 0 bridgehead atoms. The van der Waals surface area contributed by atoms with Crippen molar-refractivity contribution in [1.29, 1.82) is 0 Å². The van der Waals surface area contributed by atoms with Crippen molar-refractivity contribution in [3.05, 3.63) is 65.2 Å². The van der Waals surface area contributed by atoms with E-state index in [1.54, 1.807) is 38.4 Å². The number of carbonyl (C=O) groups is 2. The van der Waals surface area contributed by atoms with E-state index < -0.39 is 0 Å². The van der Waals surface area contributed by atoms with Crippen molar-refractivity contribution < 1.29 is 9.59 Å². The lowest BCUT2D eigenvalue weighted by Crippen LogP contribution is -2.22. The molecule has 0 fully saturated rings. The maximum Gasteiger partial charge on any atom is 0.253 e. The van der Waals surface area contributed by atoms with Crippen LogP contribution in [0.3, 0.4) is 0 Å². The highest BCUT2D eigenvalue weighted by Crippen LogP contribution is 2.20. The molecule has 1 N–H and O–H groups in total. The Hall–Kier alpha value is -2.62. The first-order valence-corrected chi connectivity index (χ1v) is 8.99. The molecular formula is C22H28N2O2. The highest BCUT2D eigenvalue weighted by Gasteiger charge is 2.16. The number of rotatable bonds is 6. The fraction of sp³-hybridized carbons (Fsp3) is 0.364. The van der Waals surface area contributed by atoms with E-state index in [2.05, 4.69) is 31.3 Å². The number of nitrogens with one attached hydrogen (secondary N) is 1. The van der Waals surface area contributed by atoms with Gasteiger partial charge in [0.1, 0.15) is 0 Å². The molecule has 4 nitrogen and oxygen atoms in total. The van der Waals surface area contributed by atoms with E-state index in [0.29, 0.717) is 17.2 Å². The summed E-state index contributed by atoms with van der Waals surface area (Å²) in [4.78, 5) is 26.2. The number of hydrogen-bond donors (Lipinski definition) is 1. The van der Waals surface area contributed by atoms with Gasteiger partial charge in [-0.05, 0) is 48.6 Å². The summed E-state index contributed by atoms with van der Waals surface area (Å²) >= 11 is 0. The highest BCUT2D eigenvalue weighted by atomic mass is 16.2. The molecule has 2 aromatic rings. The zero-order valence-corrected chi connectivity index (χ0v) is 16.2. The lowest BCUT2D eigenvalue weighted by Gasteiger charge is -2.15. The smallest absolute Gasteiger partial charge is 0.253 e. The third-order valence-electron chi connectivity index (χ3n) is 4.30. The molecule has 26 heavy (non-hydrogen) atoms. The van der Waals surface area contributed by atoms with Crippen molar-refractivity contribution in [3.63, 3.8) is 0 Å². The van der Waals surface area contributed by atoms with Gasteiger partial charge in [0.05, 0.1) is 5.92 Å². The summed E-state index contributed by atoms with van der Waals surface area (Å²) < 4.78 is 0. The van der Waals surface area contributed by atoms with E-state index >= 15 is 0 Å². The molecule has 138 valence electrons. The fourth-order valence-corrected chi connectivity index (χ4v) is 2.80. The van der Waals surface area contributed by atoms with E-state index in [-0.39, 0.29) is 17.7 Å². The van der Waals surface area contributed by atoms with Crippen LogP contribution in [-0.2, 0) is 11.2 Å². The molecule has 1 atom stereocenters. The summed E-state index contributed by atoms with van der Waals surface area (Å²) in [5.41, 5.74) is 3.45. The molecule has 0 aliphatic heterocycles. The quantitative estimate of drug-likeness (QED) is 0.841. The third kappa shape index (κ3) is 5.19. The Bertz CT molecular complexity index is 764. The first-order valence-electron chi connectivity index (χ1n) is 8.99. The van der Waals surface area contributed by atoms with Gasteiger partial charge in [-0.15, -0.1) is 0 Å². The second kappa shape index (κ2) is 8.65. The summed E-state index contributed by atoms with van der Waals surface area (Å²) in [5, 5.41) is 2.91. The SMILES string of the molecule is CC(C)Cc1ccc(C(C)C(=O)Nc2cccc(C(=O)N(C)C)c2)cc1. The van der Waals surface area contributed by atoms with Crippen LogP contribution >= 0.6 is 0 Å². The van der Waals surface area contributed by atoms with Crippen molar-refractivity contribution in [3.8, 4) is 0 Å². The molecule has 1 unspecified atom stereocenters. The topological polar surface area (TPSA) is 49.4 Å². The Labute approximate surface area is 156 Å². The van der Waals surface area contributed by atoms with Crippen LogP contribution in [0.5, 0.6) is 0 Å². The van der Waals surface area contributed by atoms with Crippen LogP contribution in [0.4, 0.5) is 5.69 Å². The summed E-state index contributed by atoms with van der Waals surface area (Å²) in [6.45, 7) is 6.28. The summed E-state index contributed by atoms with van der Waals surface area (Å²) in [6.07, 6.45) is 1.04. The minimum Gasteiger partial charge on any atom is -0.345 e. The molecule has 2 rings (SSSR count). The molecule has 0 heterocycles. The molecule has 0 aromatic heterocycles. The summed E-state index contributed by atoms with van der Waals surface area (Å²) in [6, 6.07) is 15.3. The highest BCUT2D eigenvalue weighted by molar-refractivity contribution is 5.98. The molecular weight excluding hydrogens is 324 g/mol. The molecule has 0 radical (unpaired) electrons. The van der Waals surface area contributed by atoms with Gasteiger partial charge in [0.25, 0.3) is 5.91 Å². The van der Waals surface area contributed by atoms with Gasteiger partial charge in [-0.2, -0.15) is 0 Å². The van der Waals surface area contributed by atoms with Crippen LogP contribution in [0.1, 0.15) is 48.2 Å². The van der Waals surface area contributed by atoms with Gasteiger partial charge < -0.3 is 10.2 Å². The van der Waals surface area contributed by atoms with Crippen LogP contribution in [0.25, 0.3) is 0 Å². The Kier molecular flexibility index (Phi) is 6.56. The standard InChI is InChI=1S/C22H28N2O2/c1-15(2)13-17-9-11-18(12-10-17)16(3)21(25)23-20-8-6-7-19(14-20)22(26)24(4)5/h6-12,14-16H,13H2,1-5H3,(H,23,25). The van der Waals surface area contributed by atoms with Crippen molar-refractivity contribution in [2.24, 2.45) is 5.92 Å². The number of anilines is 1. The Morgan fingerprint density at radius 2 is 1.65 bits per heavy atom. The Balaban J connectivity index is 2.07. The van der Waals surface area contributed by atoms with Gasteiger partial charge in [-0.25, -0.2) is 0 Å². The third-order valence-corrected chi connectivity index (χ3v) is 4.30. The maximum atomic E-state index is 12.6. The van der Waals surface area contributed by atoms with Gasteiger partial charge in [0.2, 0.25) is 5.91 Å². The Morgan fingerprint density at radius 3 is 2.23 bits per heavy atom. The van der Waals surface area contributed by atoms with Crippen LogP contribution in [-0.4, -0.2) is 30.8 Å². The predicted octanol–water partition coefficient (Wildman–Crippen LogP) is 4.33. The molecule has 0 aliphatic carbocycles. The molecule has 0 saturated heterocycles. The number of hydrogen-bond acceptors (Lipinski definition) is 2. The van der Waals surface area contributed by atoms with Crippen LogP contribution < -0.4 is 5.32 Å². The Morgan fingerprint density at radius 1 is 1.00 bits per heavy atom. The van der Waals surface area contributed by atoms with Crippen molar-refractivity contribution in [2.75, 3.05) is 19.4 Å². The first-order chi connectivity index (χ1) is 12.3. The molecule has 0 spiro atoms. The van der Waals surface area contributed by atoms with Gasteiger partial charge in [0, 0.05) is 25.3 Å². The number of amides is 2. The molecule has 2 aromatic carbocycles. The van der Waals surface area contributed by atoms with E-state index in [1.165, 1.54) is 10.5 Å². The second-order valence-corrected chi connectivity index (χ2v) is 7.33. The van der Waals surface area contributed by atoms with Crippen molar-refractivity contribution >= 4 is 17.5 Å². The first kappa shape index (κ1) is 19.7. The predicted molar refractivity (Wildman–Crippen MR) is 106 cm³/mol. The zero-order valence-electron chi connectivity index (χ0n) is 16.2. The lowest BCUT2D eigenvalue weighted by molar-refractivity contribution is -0.117. The molecule has 0 aliphatic rings. The minimum absolute atomic E-state index is 0.0870. The average Bonchev–Trinajstić information content (AvgIpc) is 2.60. The monoisotopic (exact) mass is 352 g/mol. The average molecular weight is 352 g/mol. The van der Waals surface area contributed by atoms with Gasteiger partial charge in [-0.1, -0.05) is 44.2 Å². The van der Waals surface area contributed by atoms with Crippen LogP contribution in [0.2, 0.25) is 0 Å². The van der Waals surface area contributed by atoms with Gasteiger partial charge in [-0.3, -0.25) is 9.59 Å². The van der Waals surface area contributed by atoms with E-state index in [4.69, 9.17) is 0 Å². The zero-order chi connectivity index (χ0) is 19.3.